The van der Waals surface area contributed by atoms with Crippen molar-refractivity contribution in [2.45, 2.75) is 33.0 Å². The lowest BCUT2D eigenvalue weighted by Crippen LogP contribution is -2.04. The first-order valence-electron chi connectivity index (χ1n) is 4.16. The molecule has 4 heteroatoms. The Morgan fingerprint density at radius 1 is 1.08 bits per heavy atom. The Hall–Kier alpha value is -0.160. The van der Waals surface area contributed by atoms with Gasteiger partial charge in [0, 0.05) is 19.1 Å². The molecule has 0 radical (unpaired) electrons. The van der Waals surface area contributed by atoms with Crippen LogP contribution < -0.4 is 0 Å². The van der Waals surface area contributed by atoms with Gasteiger partial charge in [0.05, 0.1) is 0 Å². The van der Waals surface area contributed by atoms with Crippen molar-refractivity contribution < 1.29 is 20.4 Å². The molecule has 0 aromatic rings. The summed E-state index contributed by atoms with van der Waals surface area (Å²) in [7, 11) is 0. The van der Waals surface area contributed by atoms with E-state index in [1.165, 1.54) is 0 Å². The molecule has 0 aromatic heterocycles. The van der Waals surface area contributed by atoms with Gasteiger partial charge in [-0.15, -0.1) is 0 Å². The quantitative estimate of drug-likeness (QED) is 0.448. The van der Waals surface area contributed by atoms with Gasteiger partial charge in [-0.1, -0.05) is 20.3 Å². The van der Waals surface area contributed by atoms with Gasteiger partial charge in [-0.25, -0.2) is 0 Å². The van der Waals surface area contributed by atoms with Crippen LogP contribution in [-0.4, -0.2) is 39.9 Å². The second-order valence-electron chi connectivity index (χ2n) is 2.74. The Balaban J connectivity index is 0. The summed E-state index contributed by atoms with van der Waals surface area (Å²) in [5, 5.41) is 32.6. The van der Waals surface area contributed by atoms with Crippen LogP contribution in [0.4, 0.5) is 0 Å². The van der Waals surface area contributed by atoms with E-state index in [0.717, 1.165) is 6.42 Å². The fourth-order valence-electron chi connectivity index (χ4n) is 0.316. The number of aliphatic hydroxyl groups excluding tert-OH is 3. The first-order chi connectivity index (χ1) is 5.58. The molecule has 0 heterocycles. The first kappa shape index (κ1) is 14.4. The van der Waals surface area contributed by atoms with E-state index in [4.69, 9.17) is 20.4 Å². The SMILES string of the molecule is CC(CO)CO.CCCC(O)O. The molecule has 0 aliphatic heterocycles. The van der Waals surface area contributed by atoms with Crippen molar-refractivity contribution in [3.8, 4) is 0 Å². The van der Waals surface area contributed by atoms with Gasteiger partial charge in [-0.3, -0.25) is 0 Å². The van der Waals surface area contributed by atoms with Crippen LogP contribution in [0.3, 0.4) is 0 Å². The Morgan fingerprint density at radius 3 is 1.50 bits per heavy atom. The van der Waals surface area contributed by atoms with Crippen molar-refractivity contribution >= 4 is 0 Å². The van der Waals surface area contributed by atoms with Crippen molar-refractivity contribution in [2.75, 3.05) is 13.2 Å². The van der Waals surface area contributed by atoms with Gasteiger partial charge in [0.1, 0.15) is 0 Å². The average Bonchev–Trinajstić information content (AvgIpc) is 2.04. The molecule has 0 bridgehead atoms. The van der Waals surface area contributed by atoms with Crippen LogP contribution >= 0.6 is 0 Å². The molecular formula is C8H20O4. The molecule has 0 aliphatic carbocycles. The van der Waals surface area contributed by atoms with Gasteiger partial charge in [-0.2, -0.15) is 0 Å². The lowest BCUT2D eigenvalue weighted by atomic mass is 10.2. The number of hydrogen-bond acceptors (Lipinski definition) is 4. The summed E-state index contributed by atoms with van der Waals surface area (Å²) in [4.78, 5) is 0. The minimum atomic E-state index is -1.10. The maximum atomic E-state index is 8.17. The number of hydrogen-bond donors (Lipinski definition) is 4. The van der Waals surface area contributed by atoms with E-state index >= 15 is 0 Å². The third kappa shape index (κ3) is 16.4. The Labute approximate surface area is 73.5 Å². The number of aliphatic hydroxyl groups is 4. The Bertz CT molecular complexity index is 71.5. The fraction of sp³-hybridized carbons (Fsp3) is 1.00. The second-order valence-corrected chi connectivity index (χ2v) is 2.74. The average molecular weight is 180 g/mol. The highest BCUT2D eigenvalue weighted by Gasteiger charge is 1.91. The van der Waals surface area contributed by atoms with Crippen molar-refractivity contribution in [2.24, 2.45) is 5.92 Å². The van der Waals surface area contributed by atoms with E-state index in [1.807, 2.05) is 6.92 Å². The second kappa shape index (κ2) is 10.8. The molecule has 0 aromatic carbocycles. The van der Waals surface area contributed by atoms with E-state index in [0.29, 0.717) is 6.42 Å². The Kier molecular flexibility index (Phi) is 13.0. The predicted molar refractivity (Wildman–Crippen MR) is 46.5 cm³/mol. The smallest absolute Gasteiger partial charge is 0.151 e. The maximum absolute atomic E-state index is 8.17. The fourth-order valence-corrected chi connectivity index (χ4v) is 0.316. The van der Waals surface area contributed by atoms with Crippen molar-refractivity contribution in [3.63, 3.8) is 0 Å². The molecule has 0 unspecified atom stereocenters. The molecule has 0 spiro atoms. The third-order valence-corrected chi connectivity index (χ3v) is 1.17. The van der Waals surface area contributed by atoms with E-state index in [-0.39, 0.29) is 19.1 Å². The van der Waals surface area contributed by atoms with Crippen molar-refractivity contribution in [3.05, 3.63) is 0 Å². The van der Waals surface area contributed by atoms with Crippen molar-refractivity contribution in [1.82, 2.24) is 0 Å². The summed E-state index contributed by atoms with van der Waals surface area (Å²) in [6.07, 6.45) is 0.215. The summed E-state index contributed by atoms with van der Waals surface area (Å²) < 4.78 is 0. The van der Waals surface area contributed by atoms with Crippen LogP contribution in [0, 0.1) is 5.92 Å². The summed E-state index contributed by atoms with van der Waals surface area (Å²) in [6, 6.07) is 0. The first-order valence-corrected chi connectivity index (χ1v) is 4.16. The summed E-state index contributed by atoms with van der Waals surface area (Å²) >= 11 is 0. The standard InChI is InChI=1S/2C4H10O2/c1-4(2-5)3-6;1-2-3-4(5)6/h2*4-6H,2-3H2,1H3. The molecule has 0 aliphatic rings. The van der Waals surface area contributed by atoms with Gasteiger partial charge >= 0.3 is 0 Å². The molecule has 0 atom stereocenters. The monoisotopic (exact) mass is 180 g/mol. The topological polar surface area (TPSA) is 80.9 Å². The van der Waals surface area contributed by atoms with Gasteiger partial charge < -0.3 is 20.4 Å². The van der Waals surface area contributed by atoms with Crippen LogP contribution in [0.1, 0.15) is 26.7 Å². The van der Waals surface area contributed by atoms with Gasteiger partial charge in [0.2, 0.25) is 0 Å². The normalized spacial score (nSPS) is 10.0. The predicted octanol–water partition coefficient (Wildman–Crippen LogP) is -0.296. The van der Waals surface area contributed by atoms with Crippen LogP contribution in [0.25, 0.3) is 0 Å². The molecular weight excluding hydrogens is 160 g/mol. The molecule has 0 amide bonds. The zero-order valence-electron chi connectivity index (χ0n) is 7.77. The van der Waals surface area contributed by atoms with E-state index in [2.05, 4.69) is 0 Å². The van der Waals surface area contributed by atoms with Crippen LogP contribution in [0.5, 0.6) is 0 Å². The van der Waals surface area contributed by atoms with Crippen LogP contribution in [0.15, 0.2) is 0 Å². The minimum absolute atomic E-state index is 0.0463. The summed E-state index contributed by atoms with van der Waals surface area (Å²) in [5.41, 5.74) is 0. The highest BCUT2D eigenvalue weighted by Crippen LogP contribution is 1.88. The molecule has 0 saturated heterocycles. The van der Waals surface area contributed by atoms with Gasteiger partial charge in [0.25, 0.3) is 0 Å². The van der Waals surface area contributed by atoms with Gasteiger partial charge in [0.15, 0.2) is 6.29 Å². The highest BCUT2D eigenvalue weighted by atomic mass is 16.5. The maximum Gasteiger partial charge on any atom is 0.151 e. The van der Waals surface area contributed by atoms with E-state index < -0.39 is 6.29 Å². The molecule has 0 saturated carbocycles. The van der Waals surface area contributed by atoms with E-state index in [1.54, 1.807) is 6.92 Å². The van der Waals surface area contributed by atoms with Crippen LogP contribution in [-0.2, 0) is 0 Å². The van der Waals surface area contributed by atoms with Gasteiger partial charge in [-0.05, 0) is 6.42 Å². The Morgan fingerprint density at radius 2 is 1.50 bits per heavy atom. The molecule has 0 rings (SSSR count). The van der Waals surface area contributed by atoms with Crippen LogP contribution in [0.2, 0.25) is 0 Å². The zero-order valence-corrected chi connectivity index (χ0v) is 7.77. The largest absolute Gasteiger partial charge is 0.396 e. The summed E-state index contributed by atoms with van der Waals surface area (Å²) in [5.74, 6) is 0.0463. The molecule has 4 nitrogen and oxygen atoms in total. The molecule has 0 fully saturated rings. The van der Waals surface area contributed by atoms with E-state index in [9.17, 15) is 0 Å². The van der Waals surface area contributed by atoms with Crippen molar-refractivity contribution in [1.29, 1.82) is 0 Å². The summed E-state index contributed by atoms with van der Waals surface area (Å²) in [6.45, 7) is 3.84. The molecule has 4 N–H and O–H groups in total. The number of rotatable bonds is 4. The zero-order chi connectivity index (χ0) is 9.98. The third-order valence-electron chi connectivity index (χ3n) is 1.17. The molecule has 76 valence electrons. The minimum Gasteiger partial charge on any atom is -0.396 e. The molecule has 12 heavy (non-hydrogen) atoms. The highest BCUT2D eigenvalue weighted by molar-refractivity contribution is 4.41. The lowest BCUT2D eigenvalue weighted by Gasteiger charge is -1.97. The lowest BCUT2D eigenvalue weighted by molar-refractivity contribution is -0.0453.